The van der Waals surface area contributed by atoms with Crippen LogP contribution < -0.4 is 10.5 Å². The van der Waals surface area contributed by atoms with Crippen molar-refractivity contribution in [3.05, 3.63) is 29.3 Å². The molecule has 1 aliphatic carbocycles. The molecule has 2 heterocycles. The van der Waals surface area contributed by atoms with Gasteiger partial charge in [0.05, 0.1) is 7.11 Å². The van der Waals surface area contributed by atoms with E-state index in [9.17, 15) is 0 Å². The zero-order valence-corrected chi connectivity index (χ0v) is 12.8. The second-order valence-corrected chi connectivity index (χ2v) is 6.69. The van der Waals surface area contributed by atoms with Gasteiger partial charge in [0.2, 0.25) is 0 Å². The molecule has 3 unspecified atom stereocenters. The van der Waals surface area contributed by atoms with Crippen molar-refractivity contribution in [2.24, 2.45) is 5.73 Å². The van der Waals surface area contributed by atoms with Gasteiger partial charge in [0.25, 0.3) is 0 Å². The van der Waals surface area contributed by atoms with Crippen molar-refractivity contribution in [2.45, 2.75) is 37.4 Å². The number of piperazine rings is 1. The van der Waals surface area contributed by atoms with Gasteiger partial charge in [-0.1, -0.05) is 6.07 Å². The fraction of sp³-hybridized carbons (Fsp3) is 0.647. The number of nitrogens with two attached hydrogens (primary N) is 1. The van der Waals surface area contributed by atoms with Crippen LogP contribution in [-0.2, 0) is 6.42 Å². The molecule has 21 heavy (non-hydrogen) atoms. The summed E-state index contributed by atoms with van der Waals surface area (Å²) in [6.07, 6.45) is 3.82. The molecular weight excluding hydrogens is 262 g/mol. The van der Waals surface area contributed by atoms with Crippen LogP contribution in [0.5, 0.6) is 5.75 Å². The predicted molar refractivity (Wildman–Crippen MR) is 83.6 cm³/mol. The molecule has 0 saturated carbocycles. The quantitative estimate of drug-likeness (QED) is 0.893. The van der Waals surface area contributed by atoms with Gasteiger partial charge >= 0.3 is 0 Å². The summed E-state index contributed by atoms with van der Waals surface area (Å²) >= 11 is 0. The molecule has 2 fully saturated rings. The molecule has 0 spiro atoms. The van der Waals surface area contributed by atoms with E-state index in [-0.39, 0.29) is 6.04 Å². The Morgan fingerprint density at radius 2 is 2.05 bits per heavy atom. The predicted octanol–water partition coefficient (Wildman–Crippen LogP) is 1.40. The van der Waals surface area contributed by atoms with Crippen molar-refractivity contribution >= 4 is 0 Å². The Bertz CT molecular complexity index is 533. The largest absolute Gasteiger partial charge is 0.497 e. The second kappa shape index (κ2) is 5.27. The fourth-order valence-electron chi connectivity index (χ4n) is 4.43. The third-order valence-electron chi connectivity index (χ3n) is 5.64. The molecule has 1 aromatic carbocycles. The maximum Gasteiger partial charge on any atom is 0.119 e. The van der Waals surface area contributed by atoms with E-state index in [2.05, 4.69) is 28.0 Å². The Morgan fingerprint density at radius 3 is 2.90 bits per heavy atom. The van der Waals surface area contributed by atoms with Crippen molar-refractivity contribution in [3.8, 4) is 5.75 Å². The Labute approximate surface area is 126 Å². The van der Waals surface area contributed by atoms with Gasteiger partial charge in [0.1, 0.15) is 5.75 Å². The first-order valence-electron chi connectivity index (χ1n) is 8.17. The highest BCUT2D eigenvalue weighted by molar-refractivity contribution is 5.42. The van der Waals surface area contributed by atoms with E-state index in [0.717, 1.165) is 18.2 Å². The first kappa shape index (κ1) is 13.6. The number of fused-ring (bicyclic) bond motifs is 2. The van der Waals surface area contributed by atoms with Crippen LogP contribution in [-0.4, -0.2) is 55.2 Å². The summed E-state index contributed by atoms with van der Waals surface area (Å²) in [4.78, 5) is 5.30. The van der Waals surface area contributed by atoms with Crippen molar-refractivity contribution in [3.63, 3.8) is 0 Å². The highest BCUT2D eigenvalue weighted by Gasteiger charge is 2.39. The molecule has 4 rings (SSSR count). The van der Waals surface area contributed by atoms with Crippen molar-refractivity contribution in [1.29, 1.82) is 0 Å². The molecule has 0 bridgehead atoms. The summed E-state index contributed by atoms with van der Waals surface area (Å²) in [7, 11) is 1.72. The average molecular weight is 287 g/mol. The van der Waals surface area contributed by atoms with Crippen molar-refractivity contribution < 1.29 is 4.74 Å². The van der Waals surface area contributed by atoms with E-state index < -0.39 is 0 Å². The molecule has 114 valence electrons. The zero-order chi connectivity index (χ0) is 14.4. The topological polar surface area (TPSA) is 41.7 Å². The van der Waals surface area contributed by atoms with Crippen LogP contribution in [0.15, 0.2) is 18.2 Å². The molecule has 0 aromatic heterocycles. The summed E-state index contributed by atoms with van der Waals surface area (Å²) < 4.78 is 5.35. The highest BCUT2D eigenvalue weighted by Crippen LogP contribution is 2.36. The summed E-state index contributed by atoms with van der Waals surface area (Å²) in [5.74, 6) is 0.922. The summed E-state index contributed by atoms with van der Waals surface area (Å²) in [6, 6.07) is 7.75. The zero-order valence-electron chi connectivity index (χ0n) is 12.8. The van der Waals surface area contributed by atoms with Crippen LogP contribution in [0.3, 0.4) is 0 Å². The van der Waals surface area contributed by atoms with Gasteiger partial charge in [0, 0.05) is 37.8 Å². The molecule has 2 saturated heterocycles. The van der Waals surface area contributed by atoms with Gasteiger partial charge in [-0.2, -0.15) is 0 Å². The second-order valence-electron chi connectivity index (χ2n) is 6.69. The highest BCUT2D eigenvalue weighted by atomic mass is 16.5. The first-order valence-corrected chi connectivity index (χ1v) is 8.17. The molecule has 0 amide bonds. The number of nitrogens with zero attached hydrogens (tertiary/aromatic N) is 2. The smallest absolute Gasteiger partial charge is 0.119 e. The van der Waals surface area contributed by atoms with Crippen molar-refractivity contribution in [2.75, 3.05) is 33.3 Å². The summed E-state index contributed by atoms with van der Waals surface area (Å²) in [5, 5.41) is 0. The summed E-state index contributed by atoms with van der Waals surface area (Å²) in [6.45, 7) is 4.88. The Balaban J connectivity index is 1.52. The molecule has 4 heteroatoms. The minimum absolute atomic E-state index is 0.128. The molecule has 3 atom stereocenters. The maximum absolute atomic E-state index is 6.57. The van der Waals surface area contributed by atoms with Gasteiger partial charge in [-0.05, 0) is 49.1 Å². The standard InChI is InChI=1S/C17H25N3O/c1-21-14-5-4-12-9-16(17(18)15(12)10-14)20-8-7-19-6-2-3-13(19)11-20/h4-5,10,13,16-17H,2-3,6-9,11,18H2,1H3. The lowest BCUT2D eigenvalue weighted by molar-refractivity contribution is 0.0660. The van der Waals surface area contributed by atoms with Gasteiger partial charge < -0.3 is 10.5 Å². The van der Waals surface area contributed by atoms with Crippen LogP contribution in [0.1, 0.15) is 30.0 Å². The van der Waals surface area contributed by atoms with Crippen LogP contribution in [0.2, 0.25) is 0 Å². The lowest BCUT2D eigenvalue weighted by atomic mass is 10.0. The SMILES string of the molecule is COc1ccc2c(c1)C(N)C(N1CCN3CCCC3C1)C2. The van der Waals surface area contributed by atoms with Gasteiger partial charge in [-0.15, -0.1) is 0 Å². The molecular formula is C17H25N3O. The molecule has 1 aromatic rings. The van der Waals surface area contributed by atoms with Crippen LogP contribution in [0.4, 0.5) is 0 Å². The molecule has 4 nitrogen and oxygen atoms in total. The summed E-state index contributed by atoms with van der Waals surface area (Å²) in [5.41, 5.74) is 9.26. The average Bonchev–Trinajstić information content (AvgIpc) is 3.11. The number of rotatable bonds is 2. The minimum atomic E-state index is 0.128. The lowest BCUT2D eigenvalue weighted by Gasteiger charge is -2.41. The van der Waals surface area contributed by atoms with Gasteiger partial charge in [0.15, 0.2) is 0 Å². The molecule has 0 radical (unpaired) electrons. The van der Waals surface area contributed by atoms with Crippen LogP contribution in [0, 0.1) is 0 Å². The third-order valence-corrected chi connectivity index (χ3v) is 5.64. The number of methoxy groups -OCH3 is 1. The molecule has 3 aliphatic rings. The minimum Gasteiger partial charge on any atom is -0.497 e. The van der Waals surface area contributed by atoms with Crippen molar-refractivity contribution in [1.82, 2.24) is 9.80 Å². The maximum atomic E-state index is 6.57. The number of hydrogen-bond acceptors (Lipinski definition) is 4. The number of ether oxygens (including phenoxy) is 1. The van der Waals surface area contributed by atoms with Crippen LogP contribution >= 0.6 is 0 Å². The van der Waals surface area contributed by atoms with E-state index in [4.69, 9.17) is 10.5 Å². The number of hydrogen-bond donors (Lipinski definition) is 1. The normalized spacial score (nSPS) is 33.0. The van der Waals surface area contributed by atoms with E-state index in [1.807, 2.05) is 0 Å². The Kier molecular flexibility index (Phi) is 3.40. The van der Waals surface area contributed by atoms with Gasteiger partial charge in [-0.3, -0.25) is 9.80 Å². The molecule has 2 N–H and O–H groups in total. The Hall–Kier alpha value is -1.10. The third kappa shape index (κ3) is 2.26. The van der Waals surface area contributed by atoms with E-state index >= 15 is 0 Å². The van der Waals surface area contributed by atoms with E-state index in [1.165, 1.54) is 50.1 Å². The molecule has 2 aliphatic heterocycles. The monoisotopic (exact) mass is 287 g/mol. The first-order chi connectivity index (χ1) is 10.3. The van der Waals surface area contributed by atoms with E-state index in [0.29, 0.717) is 6.04 Å². The van der Waals surface area contributed by atoms with E-state index in [1.54, 1.807) is 7.11 Å². The number of benzene rings is 1. The Morgan fingerprint density at radius 1 is 1.19 bits per heavy atom. The van der Waals surface area contributed by atoms with Gasteiger partial charge in [-0.25, -0.2) is 0 Å². The van der Waals surface area contributed by atoms with Crippen LogP contribution in [0.25, 0.3) is 0 Å². The fourth-order valence-corrected chi connectivity index (χ4v) is 4.43. The lowest BCUT2D eigenvalue weighted by Crippen LogP contribution is -2.55.